The molecule has 37 heavy (non-hydrogen) atoms. The highest BCUT2D eigenvalue weighted by Crippen LogP contribution is 2.44. The number of amides is 1. The average Bonchev–Trinajstić information content (AvgIpc) is 3.17. The average molecular weight is 504 g/mol. The zero-order valence-electron chi connectivity index (χ0n) is 20.7. The second-order valence-corrected chi connectivity index (χ2v) is 8.10. The van der Waals surface area contributed by atoms with Gasteiger partial charge in [-0.1, -0.05) is 12.1 Å². The van der Waals surface area contributed by atoms with Gasteiger partial charge in [0.1, 0.15) is 28.8 Å². The predicted molar refractivity (Wildman–Crippen MR) is 135 cm³/mol. The number of anilines is 1. The van der Waals surface area contributed by atoms with Crippen LogP contribution in [0, 0.1) is 0 Å². The van der Waals surface area contributed by atoms with E-state index in [0.717, 1.165) is 0 Å². The number of carbonyl (C=O) groups excluding carboxylic acids is 3. The van der Waals surface area contributed by atoms with Crippen LogP contribution in [0.3, 0.4) is 0 Å². The number of esters is 1. The summed E-state index contributed by atoms with van der Waals surface area (Å²) in [7, 11) is 4.41. The van der Waals surface area contributed by atoms with Crippen LogP contribution in [0.5, 0.6) is 23.0 Å². The van der Waals surface area contributed by atoms with Gasteiger partial charge in [-0.25, -0.2) is 0 Å². The summed E-state index contributed by atoms with van der Waals surface area (Å²) in [5.74, 6) is -1.20. The van der Waals surface area contributed by atoms with Gasteiger partial charge in [0.05, 0.1) is 38.5 Å². The molecule has 9 heteroatoms. The first-order valence-corrected chi connectivity index (χ1v) is 11.2. The molecule has 190 valence electrons. The number of hydrogen-bond donors (Lipinski definition) is 1. The Morgan fingerprint density at radius 2 is 1.51 bits per heavy atom. The third kappa shape index (κ3) is 4.84. The third-order valence-electron chi connectivity index (χ3n) is 5.89. The fourth-order valence-corrected chi connectivity index (χ4v) is 4.22. The molecule has 0 aliphatic carbocycles. The van der Waals surface area contributed by atoms with E-state index in [2.05, 4.69) is 0 Å². The van der Waals surface area contributed by atoms with Crippen LogP contribution in [-0.2, 0) is 14.4 Å². The van der Waals surface area contributed by atoms with E-state index in [1.54, 1.807) is 60.7 Å². The van der Waals surface area contributed by atoms with Gasteiger partial charge in [-0.3, -0.25) is 19.3 Å². The van der Waals surface area contributed by atoms with E-state index in [-0.39, 0.29) is 22.6 Å². The molecule has 1 fully saturated rings. The lowest BCUT2D eigenvalue weighted by atomic mass is 9.94. The number of nitrogens with zero attached hydrogens (tertiary/aromatic N) is 1. The first-order chi connectivity index (χ1) is 17.8. The Balaban J connectivity index is 1.97. The smallest absolute Gasteiger partial charge is 0.308 e. The van der Waals surface area contributed by atoms with Gasteiger partial charge in [-0.05, 0) is 60.2 Å². The van der Waals surface area contributed by atoms with E-state index in [4.69, 9.17) is 18.9 Å². The normalized spacial score (nSPS) is 16.4. The third-order valence-corrected chi connectivity index (χ3v) is 5.89. The lowest BCUT2D eigenvalue weighted by molar-refractivity contribution is -0.132. The molecule has 0 spiro atoms. The highest BCUT2D eigenvalue weighted by molar-refractivity contribution is 6.51. The molecule has 0 bridgehead atoms. The first kappa shape index (κ1) is 25.3. The Hall–Kier alpha value is -4.79. The molecule has 1 atom stereocenters. The number of benzene rings is 3. The van der Waals surface area contributed by atoms with Crippen LogP contribution in [0.15, 0.2) is 72.3 Å². The minimum atomic E-state index is -1.04. The standard InChI is InChI=1S/C28H25NO8/c1-16(30)37-21-7-5-6-17(14-21)25-24(26(31)22-15-20(35-3)12-13-23(22)36-4)27(32)28(33)29(25)18-8-10-19(34-2)11-9-18/h5-15,25,31H,1-4H3/b26-24+. The summed E-state index contributed by atoms with van der Waals surface area (Å²) in [4.78, 5) is 39.7. The maximum absolute atomic E-state index is 13.4. The molecule has 9 nitrogen and oxygen atoms in total. The number of aliphatic hydroxyl groups is 1. The minimum Gasteiger partial charge on any atom is -0.507 e. The van der Waals surface area contributed by atoms with Gasteiger partial charge in [0, 0.05) is 12.6 Å². The fraction of sp³-hybridized carbons (Fsp3) is 0.179. The zero-order valence-corrected chi connectivity index (χ0v) is 20.7. The molecule has 1 aliphatic rings. The predicted octanol–water partition coefficient (Wildman–Crippen LogP) is 4.26. The number of rotatable bonds is 7. The molecule has 1 unspecified atom stereocenters. The van der Waals surface area contributed by atoms with Crippen molar-refractivity contribution >= 4 is 29.1 Å². The van der Waals surface area contributed by atoms with E-state index < -0.39 is 29.5 Å². The van der Waals surface area contributed by atoms with Gasteiger partial charge >= 0.3 is 5.97 Å². The molecule has 3 aromatic rings. The summed E-state index contributed by atoms with van der Waals surface area (Å²) in [6, 6.07) is 16.7. The van der Waals surface area contributed by atoms with Crippen molar-refractivity contribution in [1.29, 1.82) is 0 Å². The maximum Gasteiger partial charge on any atom is 0.308 e. The van der Waals surface area contributed by atoms with Crippen molar-refractivity contribution < 1.29 is 38.4 Å². The molecule has 1 heterocycles. The summed E-state index contributed by atoms with van der Waals surface area (Å²) in [6.45, 7) is 1.27. The molecule has 4 rings (SSSR count). The van der Waals surface area contributed by atoms with Crippen molar-refractivity contribution in [2.75, 3.05) is 26.2 Å². The molecular weight excluding hydrogens is 478 g/mol. The summed E-state index contributed by atoms with van der Waals surface area (Å²) in [6.07, 6.45) is 0. The number of aliphatic hydroxyl groups excluding tert-OH is 1. The van der Waals surface area contributed by atoms with E-state index in [1.165, 1.54) is 39.2 Å². The second-order valence-electron chi connectivity index (χ2n) is 8.10. The molecule has 0 aromatic heterocycles. The van der Waals surface area contributed by atoms with Crippen LogP contribution in [0.2, 0.25) is 0 Å². The number of methoxy groups -OCH3 is 3. The van der Waals surface area contributed by atoms with Crippen molar-refractivity contribution in [3.05, 3.63) is 83.4 Å². The highest BCUT2D eigenvalue weighted by Gasteiger charge is 2.47. The number of hydrogen-bond acceptors (Lipinski definition) is 8. The van der Waals surface area contributed by atoms with Crippen molar-refractivity contribution in [1.82, 2.24) is 0 Å². The number of ether oxygens (including phenoxy) is 4. The topological polar surface area (TPSA) is 112 Å². The highest BCUT2D eigenvalue weighted by atomic mass is 16.5. The number of carbonyl (C=O) groups is 3. The molecule has 1 aliphatic heterocycles. The Bertz CT molecular complexity index is 1390. The molecule has 3 aromatic carbocycles. The maximum atomic E-state index is 13.4. The molecule has 0 saturated carbocycles. The summed E-state index contributed by atoms with van der Waals surface area (Å²) in [5, 5.41) is 11.5. The fourth-order valence-electron chi connectivity index (χ4n) is 4.22. The molecule has 0 radical (unpaired) electrons. The van der Waals surface area contributed by atoms with Crippen LogP contribution < -0.4 is 23.8 Å². The number of Topliss-reactive ketones (excluding diaryl/α,β-unsaturated/α-hetero) is 1. The Labute approximate surface area is 213 Å². The Morgan fingerprint density at radius 3 is 2.14 bits per heavy atom. The van der Waals surface area contributed by atoms with Crippen LogP contribution in [-0.4, -0.2) is 44.1 Å². The van der Waals surface area contributed by atoms with E-state index in [0.29, 0.717) is 22.7 Å². The van der Waals surface area contributed by atoms with Gasteiger partial charge in [-0.15, -0.1) is 0 Å². The second kappa shape index (κ2) is 10.4. The first-order valence-electron chi connectivity index (χ1n) is 11.2. The van der Waals surface area contributed by atoms with E-state index >= 15 is 0 Å². The van der Waals surface area contributed by atoms with Crippen LogP contribution >= 0.6 is 0 Å². The molecular formula is C28H25NO8. The van der Waals surface area contributed by atoms with E-state index in [1.807, 2.05) is 0 Å². The summed E-state index contributed by atoms with van der Waals surface area (Å²) in [5.41, 5.74) is 0.864. The zero-order chi connectivity index (χ0) is 26.7. The van der Waals surface area contributed by atoms with Gasteiger partial charge in [0.15, 0.2) is 0 Å². The Morgan fingerprint density at radius 1 is 0.838 bits per heavy atom. The van der Waals surface area contributed by atoms with Gasteiger partial charge in [0.25, 0.3) is 11.7 Å². The largest absolute Gasteiger partial charge is 0.507 e. The molecule has 1 amide bonds. The van der Waals surface area contributed by atoms with Crippen molar-refractivity contribution in [2.45, 2.75) is 13.0 Å². The van der Waals surface area contributed by atoms with Crippen LogP contribution in [0.1, 0.15) is 24.1 Å². The van der Waals surface area contributed by atoms with Crippen LogP contribution in [0.25, 0.3) is 5.76 Å². The van der Waals surface area contributed by atoms with Crippen molar-refractivity contribution in [3.63, 3.8) is 0 Å². The summed E-state index contributed by atoms with van der Waals surface area (Å²) < 4.78 is 21.1. The lowest BCUT2D eigenvalue weighted by Gasteiger charge is -2.26. The quantitative estimate of drug-likeness (QED) is 0.167. The minimum absolute atomic E-state index is 0.160. The van der Waals surface area contributed by atoms with E-state index in [9.17, 15) is 19.5 Å². The van der Waals surface area contributed by atoms with Crippen molar-refractivity contribution in [3.8, 4) is 23.0 Å². The monoisotopic (exact) mass is 503 g/mol. The van der Waals surface area contributed by atoms with Gasteiger partial charge in [-0.2, -0.15) is 0 Å². The molecule has 1 saturated heterocycles. The SMILES string of the molecule is COc1ccc(N2C(=O)C(=O)/C(=C(/O)c3cc(OC)ccc3OC)C2c2cccc(OC(C)=O)c2)cc1. The number of ketones is 1. The Kier molecular flexibility index (Phi) is 7.15. The van der Waals surface area contributed by atoms with Crippen molar-refractivity contribution in [2.24, 2.45) is 0 Å². The summed E-state index contributed by atoms with van der Waals surface area (Å²) >= 11 is 0. The van der Waals surface area contributed by atoms with Gasteiger partial charge in [0.2, 0.25) is 0 Å². The lowest BCUT2D eigenvalue weighted by Crippen LogP contribution is -2.29. The van der Waals surface area contributed by atoms with Gasteiger partial charge < -0.3 is 24.1 Å². The van der Waals surface area contributed by atoms with Crippen LogP contribution in [0.4, 0.5) is 5.69 Å². The molecule has 1 N–H and O–H groups in total.